The summed E-state index contributed by atoms with van der Waals surface area (Å²) >= 11 is 0. The molecule has 3 aromatic rings. The minimum atomic E-state index is -3.86. The first-order valence-electron chi connectivity index (χ1n) is 9.97. The Hall–Kier alpha value is -3.72. The van der Waals surface area contributed by atoms with Crippen molar-refractivity contribution in [3.05, 3.63) is 99.6 Å². The first kappa shape index (κ1) is 21.5. The highest BCUT2D eigenvalue weighted by molar-refractivity contribution is 7.92. The van der Waals surface area contributed by atoms with Crippen LogP contribution in [0.3, 0.4) is 0 Å². The molecule has 1 aliphatic heterocycles. The van der Waals surface area contributed by atoms with Gasteiger partial charge in [-0.2, -0.15) is 0 Å². The number of non-ortho nitro benzene ring substituents is 1. The maximum Gasteiger partial charge on any atom is 0.338 e. The van der Waals surface area contributed by atoms with Gasteiger partial charge in [0.25, 0.3) is 15.7 Å². The summed E-state index contributed by atoms with van der Waals surface area (Å²) in [6, 6.07) is 18.9. The van der Waals surface area contributed by atoms with Crippen molar-refractivity contribution < 1.29 is 22.9 Å². The second kappa shape index (κ2) is 8.80. The second-order valence-electron chi connectivity index (χ2n) is 7.34. The van der Waals surface area contributed by atoms with Gasteiger partial charge in [-0.3, -0.25) is 14.4 Å². The number of hydrogen-bond donors (Lipinski definition) is 0. The molecule has 0 N–H and O–H groups in total. The molecule has 0 amide bonds. The van der Waals surface area contributed by atoms with E-state index in [9.17, 15) is 23.3 Å². The van der Waals surface area contributed by atoms with Crippen LogP contribution < -0.4 is 4.31 Å². The molecule has 32 heavy (non-hydrogen) atoms. The molecule has 8 nitrogen and oxygen atoms in total. The van der Waals surface area contributed by atoms with E-state index >= 15 is 0 Å². The Morgan fingerprint density at radius 3 is 2.62 bits per heavy atom. The van der Waals surface area contributed by atoms with Crippen LogP contribution in [0.1, 0.15) is 27.9 Å². The highest BCUT2D eigenvalue weighted by atomic mass is 32.2. The van der Waals surface area contributed by atoms with E-state index in [1.54, 1.807) is 18.2 Å². The molecule has 1 heterocycles. The zero-order valence-corrected chi connectivity index (χ0v) is 17.8. The van der Waals surface area contributed by atoms with Gasteiger partial charge in [0.2, 0.25) is 0 Å². The first-order chi connectivity index (χ1) is 15.4. The Morgan fingerprint density at radius 2 is 1.81 bits per heavy atom. The van der Waals surface area contributed by atoms with Crippen molar-refractivity contribution in [1.29, 1.82) is 0 Å². The molecular formula is C23H20N2O6S. The summed E-state index contributed by atoms with van der Waals surface area (Å²) in [5, 5.41) is 10.9. The predicted octanol–water partition coefficient (Wildman–Crippen LogP) is 4.09. The number of anilines is 1. The van der Waals surface area contributed by atoms with Crippen molar-refractivity contribution in [1.82, 2.24) is 0 Å². The van der Waals surface area contributed by atoms with Gasteiger partial charge in [0, 0.05) is 18.7 Å². The molecule has 3 aromatic carbocycles. The van der Waals surface area contributed by atoms with Crippen LogP contribution in [0, 0.1) is 10.1 Å². The number of nitrogens with zero attached hydrogens (tertiary/aromatic N) is 2. The van der Waals surface area contributed by atoms with Crippen molar-refractivity contribution >= 4 is 27.4 Å². The normalized spacial score (nSPS) is 13.3. The predicted molar refractivity (Wildman–Crippen MR) is 118 cm³/mol. The van der Waals surface area contributed by atoms with Crippen LogP contribution in [0.25, 0.3) is 0 Å². The molecule has 0 bridgehead atoms. The van der Waals surface area contributed by atoms with Crippen LogP contribution in [-0.4, -0.2) is 25.9 Å². The Morgan fingerprint density at radius 1 is 1.03 bits per heavy atom. The van der Waals surface area contributed by atoms with Gasteiger partial charge in [-0.1, -0.05) is 36.4 Å². The molecule has 4 rings (SSSR count). The molecular weight excluding hydrogens is 432 g/mol. The number of benzene rings is 3. The summed E-state index contributed by atoms with van der Waals surface area (Å²) in [5.41, 5.74) is 2.06. The van der Waals surface area contributed by atoms with E-state index < -0.39 is 20.9 Å². The van der Waals surface area contributed by atoms with Crippen molar-refractivity contribution in [3.8, 4) is 0 Å². The van der Waals surface area contributed by atoms with Crippen LogP contribution >= 0.6 is 0 Å². The topological polar surface area (TPSA) is 107 Å². The number of para-hydroxylation sites is 1. The van der Waals surface area contributed by atoms with Gasteiger partial charge >= 0.3 is 5.97 Å². The number of carbonyl (C=O) groups is 1. The Kier molecular flexibility index (Phi) is 5.91. The fourth-order valence-corrected chi connectivity index (χ4v) is 5.24. The molecule has 1 aliphatic rings. The number of nitro benzene ring substituents is 1. The number of sulfonamides is 1. The van der Waals surface area contributed by atoms with Crippen LogP contribution in [0.5, 0.6) is 0 Å². The third-order valence-electron chi connectivity index (χ3n) is 5.22. The second-order valence-corrected chi connectivity index (χ2v) is 9.20. The molecule has 0 unspecified atom stereocenters. The molecule has 0 fully saturated rings. The molecule has 0 atom stereocenters. The number of esters is 1. The van der Waals surface area contributed by atoms with E-state index in [1.807, 2.05) is 12.1 Å². The quantitative estimate of drug-likeness (QED) is 0.317. The van der Waals surface area contributed by atoms with Gasteiger partial charge in [0.15, 0.2) is 0 Å². The highest BCUT2D eigenvalue weighted by Gasteiger charge is 2.29. The standard InChI is InChI=1S/C23H20N2O6S/c26-23(31-16-17-6-3-10-20(14-17)25(27)28)19-8-4-11-21(15-19)32(29,30)24-13-5-9-18-7-1-2-12-22(18)24/h1-4,6-8,10-12,14-15H,5,9,13,16H2. The minimum absolute atomic E-state index is 0.000924. The number of nitro groups is 1. The molecule has 0 saturated heterocycles. The van der Waals surface area contributed by atoms with Gasteiger partial charge in [-0.15, -0.1) is 0 Å². The summed E-state index contributed by atoms with van der Waals surface area (Å²) in [6.45, 7) is 0.192. The Labute approximate surface area is 185 Å². The lowest BCUT2D eigenvalue weighted by Gasteiger charge is -2.30. The number of carbonyl (C=O) groups excluding carboxylic acids is 1. The number of hydrogen-bond acceptors (Lipinski definition) is 6. The number of fused-ring (bicyclic) bond motifs is 1. The molecule has 0 saturated carbocycles. The van der Waals surface area contributed by atoms with Gasteiger partial charge < -0.3 is 4.74 Å². The van der Waals surface area contributed by atoms with E-state index in [-0.39, 0.29) is 22.8 Å². The lowest BCUT2D eigenvalue weighted by Crippen LogP contribution is -2.35. The molecule has 164 valence electrons. The van der Waals surface area contributed by atoms with Crippen molar-refractivity contribution in [2.24, 2.45) is 0 Å². The van der Waals surface area contributed by atoms with Crippen LogP contribution in [0.4, 0.5) is 11.4 Å². The SMILES string of the molecule is O=C(OCc1cccc([N+](=O)[O-])c1)c1cccc(S(=O)(=O)N2CCCc3ccccc32)c1. The third-order valence-corrected chi connectivity index (χ3v) is 7.03. The largest absolute Gasteiger partial charge is 0.457 e. The average molecular weight is 452 g/mol. The van der Waals surface area contributed by atoms with E-state index in [0.717, 1.165) is 12.0 Å². The summed E-state index contributed by atoms with van der Waals surface area (Å²) in [7, 11) is -3.86. The minimum Gasteiger partial charge on any atom is -0.457 e. The lowest BCUT2D eigenvalue weighted by molar-refractivity contribution is -0.384. The van der Waals surface area contributed by atoms with Gasteiger partial charge in [-0.25, -0.2) is 13.2 Å². The van der Waals surface area contributed by atoms with E-state index in [0.29, 0.717) is 24.2 Å². The zero-order valence-electron chi connectivity index (χ0n) is 17.0. The van der Waals surface area contributed by atoms with E-state index in [2.05, 4.69) is 0 Å². The van der Waals surface area contributed by atoms with Crippen LogP contribution in [0.15, 0.2) is 77.7 Å². The maximum absolute atomic E-state index is 13.3. The van der Waals surface area contributed by atoms with Gasteiger partial charge in [0.05, 0.1) is 21.1 Å². The first-order valence-corrected chi connectivity index (χ1v) is 11.4. The monoisotopic (exact) mass is 452 g/mol. The smallest absolute Gasteiger partial charge is 0.338 e. The fraction of sp³-hybridized carbons (Fsp3) is 0.174. The van der Waals surface area contributed by atoms with Gasteiger partial charge in [-0.05, 0) is 48.2 Å². The summed E-state index contributed by atoms with van der Waals surface area (Å²) in [5.74, 6) is -0.715. The zero-order chi connectivity index (χ0) is 22.7. The summed E-state index contributed by atoms with van der Waals surface area (Å²) < 4.78 is 33.3. The molecule has 0 radical (unpaired) electrons. The van der Waals surface area contributed by atoms with E-state index in [1.165, 1.54) is 46.8 Å². The van der Waals surface area contributed by atoms with Crippen molar-refractivity contribution in [2.45, 2.75) is 24.3 Å². The van der Waals surface area contributed by atoms with E-state index in [4.69, 9.17) is 4.74 Å². The maximum atomic E-state index is 13.3. The van der Waals surface area contributed by atoms with Crippen molar-refractivity contribution in [2.75, 3.05) is 10.8 Å². The summed E-state index contributed by atoms with van der Waals surface area (Å²) in [4.78, 5) is 22.9. The van der Waals surface area contributed by atoms with Crippen LogP contribution in [-0.2, 0) is 27.8 Å². The van der Waals surface area contributed by atoms with Gasteiger partial charge in [0.1, 0.15) is 6.61 Å². The van der Waals surface area contributed by atoms with Crippen LogP contribution in [0.2, 0.25) is 0 Å². The molecule has 0 aliphatic carbocycles. The number of ether oxygens (including phenoxy) is 1. The molecule has 0 spiro atoms. The average Bonchev–Trinajstić information content (AvgIpc) is 2.82. The Bertz CT molecular complexity index is 1290. The Balaban J connectivity index is 1.54. The van der Waals surface area contributed by atoms with Crippen molar-refractivity contribution in [3.63, 3.8) is 0 Å². The third kappa shape index (κ3) is 4.33. The number of rotatable bonds is 6. The highest BCUT2D eigenvalue weighted by Crippen LogP contribution is 2.32. The number of aryl methyl sites for hydroxylation is 1. The lowest BCUT2D eigenvalue weighted by atomic mass is 10.0. The fourth-order valence-electron chi connectivity index (χ4n) is 3.65. The summed E-state index contributed by atoms with van der Waals surface area (Å²) in [6.07, 6.45) is 1.52. The molecule has 9 heteroatoms. The molecule has 0 aromatic heterocycles.